The second-order valence-electron chi connectivity index (χ2n) is 4.91. The maximum atomic E-state index is 7.76. The van der Waals surface area contributed by atoms with Crippen molar-refractivity contribution in [2.24, 2.45) is 5.73 Å². The first-order valence-corrected chi connectivity index (χ1v) is 6.41. The number of amidine groups is 1. The Morgan fingerprint density at radius 3 is 2.75 bits per heavy atom. The first-order chi connectivity index (χ1) is 9.49. The number of nitrogens with two attached hydrogens (primary N) is 1. The van der Waals surface area contributed by atoms with Gasteiger partial charge in [0.25, 0.3) is 0 Å². The van der Waals surface area contributed by atoms with Crippen molar-refractivity contribution in [2.75, 3.05) is 11.9 Å². The second kappa shape index (κ2) is 5.69. The van der Waals surface area contributed by atoms with E-state index in [0.717, 1.165) is 22.6 Å². The summed E-state index contributed by atoms with van der Waals surface area (Å²) in [5.41, 5.74) is 9.37. The third kappa shape index (κ3) is 2.93. The molecule has 0 aromatic carbocycles. The lowest BCUT2D eigenvalue weighted by Crippen LogP contribution is -2.24. The van der Waals surface area contributed by atoms with Crippen LogP contribution in [-0.2, 0) is 6.54 Å². The van der Waals surface area contributed by atoms with Crippen molar-refractivity contribution in [1.82, 2.24) is 9.97 Å². The Balaban J connectivity index is 2.38. The smallest absolute Gasteiger partial charge is 0.140 e. The van der Waals surface area contributed by atoms with Crippen molar-refractivity contribution in [3.63, 3.8) is 0 Å². The van der Waals surface area contributed by atoms with Crippen molar-refractivity contribution in [3.8, 4) is 0 Å². The summed E-state index contributed by atoms with van der Waals surface area (Å²) in [5, 5.41) is 7.76. The molecule has 0 aliphatic rings. The number of nitrogens with one attached hydrogen (secondary N) is 1. The van der Waals surface area contributed by atoms with Gasteiger partial charge in [0, 0.05) is 31.7 Å². The van der Waals surface area contributed by atoms with Gasteiger partial charge in [-0.15, -0.1) is 0 Å². The molecule has 0 saturated carbocycles. The molecular formula is C15H19N5. The second-order valence-corrected chi connectivity index (χ2v) is 4.91. The highest BCUT2D eigenvalue weighted by molar-refractivity contribution is 6.01. The van der Waals surface area contributed by atoms with Gasteiger partial charge in [0.2, 0.25) is 0 Å². The van der Waals surface area contributed by atoms with Gasteiger partial charge in [-0.3, -0.25) is 10.4 Å². The molecule has 104 valence electrons. The van der Waals surface area contributed by atoms with E-state index in [2.05, 4.69) is 9.97 Å². The topological polar surface area (TPSA) is 78.9 Å². The summed E-state index contributed by atoms with van der Waals surface area (Å²) < 4.78 is 0. The fraction of sp³-hybridized carbons (Fsp3) is 0.267. The van der Waals surface area contributed by atoms with Crippen molar-refractivity contribution in [3.05, 3.63) is 53.0 Å². The quantitative estimate of drug-likeness (QED) is 0.657. The van der Waals surface area contributed by atoms with E-state index in [9.17, 15) is 0 Å². The first-order valence-electron chi connectivity index (χ1n) is 6.41. The summed E-state index contributed by atoms with van der Waals surface area (Å²) in [7, 11) is 1.95. The average molecular weight is 269 g/mol. The van der Waals surface area contributed by atoms with E-state index in [1.807, 2.05) is 50.2 Å². The van der Waals surface area contributed by atoms with Crippen LogP contribution in [0.3, 0.4) is 0 Å². The normalized spacial score (nSPS) is 10.3. The number of hydrogen-bond donors (Lipinski definition) is 2. The van der Waals surface area contributed by atoms with E-state index >= 15 is 0 Å². The molecule has 2 rings (SSSR count). The molecule has 5 nitrogen and oxygen atoms in total. The van der Waals surface area contributed by atoms with Crippen LogP contribution in [-0.4, -0.2) is 22.9 Å². The zero-order chi connectivity index (χ0) is 14.7. The van der Waals surface area contributed by atoms with Crippen LogP contribution in [0.15, 0.2) is 30.6 Å². The SMILES string of the molecule is Cc1cc(C)c(C(=N)N)c(N(C)Cc2cccnc2)n1. The standard InChI is InChI=1S/C15H19N5/c1-10-7-11(2)19-15(13(10)14(16)17)20(3)9-12-5-4-6-18-8-12/h4-8H,9H2,1-3H3,(H3,16,17). The van der Waals surface area contributed by atoms with Gasteiger partial charge in [0.05, 0.1) is 5.56 Å². The van der Waals surface area contributed by atoms with Gasteiger partial charge in [-0.1, -0.05) is 6.07 Å². The van der Waals surface area contributed by atoms with Crippen LogP contribution >= 0.6 is 0 Å². The van der Waals surface area contributed by atoms with E-state index in [0.29, 0.717) is 12.1 Å². The predicted molar refractivity (Wildman–Crippen MR) is 81.1 cm³/mol. The van der Waals surface area contributed by atoms with E-state index in [1.165, 1.54) is 0 Å². The summed E-state index contributed by atoms with van der Waals surface area (Å²) >= 11 is 0. The number of aryl methyl sites for hydroxylation is 2. The molecule has 2 aromatic heterocycles. The predicted octanol–water partition coefficient (Wildman–Crippen LogP) is 2.01. The molecule has 0 aliphatic heterocycles. The van der Waals surface area contributed by atoms with E-state index in [4.69, 9.17) is 11.1 Å². The highest BCUT2D eigenvalue weighted by atomic mass is 15.2. The van der Waals surface area contributed by atoms with Crippen LogP contribution in [0.5, 0.6) is 0 Å². The molecule has 0 bridgehead atoms. The van der Waals surface area contributed by atoms with Gasteiger partial charge in [0.15, 0.2) is 0 Å². The Morgan fingerprint density at radius 2 is 2.15 bits per heavy atom. The van der Waals surface area contributed by atoms with Gasteiger partial charge < -0.3 is 10.6 Å². The minimum Gasteiger partial charge on any atom is -0.384 e. The van der Waals surface area contributed by atoms with Gasteiger partial charge in [-0.05, 0) is 37.1 Å². The number of nitrogen functional groups attached to an aromatic ring is 1. The summed E-state index contributed by atoms with van der Waals surface area (Å²) in [4.78, 5) is 10.6. The lowest BCUT2D eigenvalue weighted by atomic mass is 10.1. The molecule has 0 radical (unpaired) electrons. The lowest BCUT2D eigenvalue weighted by Gasteiger charge is -2.22. The number of pyridine rings is 2. The maximum Gasteiger partial charge on any atom is 0.140 e. The van der Waals surface area contributed by atoms with Crippen LogP contribution in [0, 0.1) is 19.3 Å². The third-order valence-corrected chi connectivity index (χ3v) is 3.10. The zero-order valence-electron chi connectivity index (χ0n) is 12.0. The zero-order valence-corrected chi connectivity index (χ0v) is 12.0. The van der Waals surface area contributed by atoms with Crippen molar-refractivity contribution in [2.45, 2.75) is 20.4 Å². The summed E-state index contributed by atoms with van der Waals surface area (Å²) in [6.45, 7) is 4.56. The fourth-order valence-corrected chi connectivity index (χ4v) is 2.27. The Kier molecular flexibility index (Phi) is 3.98. The minimum absolute atomic E-state index is 0.0445. The van der Waals surface area contributed by atoms with Crippen LogP contribution in [0.25, 0.3) is 0 Å². The Labute approximate surface area is 119 Å². The maximum absolute atomic E-state index is 7.76. The Morgan fingerprint density at radius 1 is 1.40 bits per heavy atom. The average Bonchev–Trinajstić information content (AvgIpc) is 2.38. The third-order valence-electron chi connectivity index (χ3n) is 3.10. The van der Waals surface area contributed by atoms with E-state index in [1.54, 1.807) is 6.20 Å². The van der Waals surface area contributed by atoms with Crippen LogP contribution in [0.1, 0.15) is 22.4 Å². The Hall–Kier alpha value is -2.43. The van der Waals surface area contributed by atoms with Crippen LogP contribution in [0.4, 0.5) is 5.82 Å². The van der Waals surface area contributed by atoms with Gasteiger partial charge >= 0.3 is 0 Å². The molecule has 0 atom stereocenters. The molecule has 2 heterocycles. The number of nitrogens with zero attached hydrogens (tertiary/aromatic N) is 3. The molecular weight excluding hydrogens is 250 g/mol. The lowest BCUT2D eigenvalue weighted by molar-refractivity contribution is 0.882. The molecule has 20 heavy (non-hydrogen) atoms. The number of anilines is 1. The molecule has 0 saturated heterocycles. The monoisotopic (exact) mass is 269 g/mol. The summed E-state index contributed by atoms with van der Waals surface area (Å²) in [5.74, 6) is 0.780. The van der Waals surface area contributed by atoms with Crippen LogP contribution in [0.2, 0.25) is 0 Å². The van der Waals surface area contributed by atoms with E-state index < -0.39 is 0 Å². The largest absolute Gasteiger partial charge is 0.384 e. The highest BCUT2D eigenvalue weighted by Crippen LogP contribution is 2.22. The number of hydrogen-bond acceptors (Lipinski definition) is 4. The molecule has 0 spiro atoms. The van der Waals surface area contributed by atoms with E-state index in [-0.39, 0.29) is 5.84 Å². The van der Waals surface area contributed by atoms with Gasteiger partial charge in [-0.2, -0.15) is 0 Å². The van der Waals surface area contributed by atoms with Gasteiger partial charge in [-0.25, -0.2) is 4.98 Å². The van der Waals surface area contributed by atoms with Crippen molar-refractivity contribution < 1.29 is 0 Å². The molecule has 0 fully saturated rings. The number of rotatable bonds is 4. The molecule has 0 aliphatic carbocycles. The fourth-order valence-electron chi connectivity index (χ4n) is 2.27. The molecule has 0 unspecified atom stereocenters. The molecule has 0 amide bonds. The minimum atomic E-state index is 0.0445. The van der Waals surface area contributed by atoms with Crippen molar-refractivity contribution in [1.29, 1.82) is 5.41 Å². The number of aromatic nitrogens is 2. The summed E-state index contributed by atoms with van der Waals surface area (Å²) in [6.07, 6.45) is 3.58. The first kappa shape index (κ1) is 14.0. The van der Waals surface area contributed by atoms with Crippen molar-refractivity contribution >= 4 is 11.7 Å². The molecule has 2 aromatic rings. The highest BCUT2D eigenvalue weighted by Gasteiger charge is 2.15. The summed E-state index contributed by atoms with van der Waals surface area (Å²) in [6, 6.07) is 5.86. The van der Waals surface area contributed by atoms with Gasteiger partial charge in [0.1, 0.15) is 11.7 Å². The molecule has 3 N–H and O–H groups in total. The molecule has 5 heteroatoms. The van der Waals surface area contributed by atoms with Crippen LogP contribution < -0.4 is 10.6 Å². The Bertz CT molecular complexity index is 622.